The molecule has 9 nitrogen and oxygen atoms in total. The van der Waals surface area contributed by atoms with Crippen LogP contribution in [0.15, 0.2) is 48.2 Å². The fourth-order valence-electron chi connectivity index (χ4n) is 5.07. The Morgan fingerprint density at radius 1 is 1.14 bits per heavy atom. The number of ether oxygens (including phenoxy) is 2. The van der Waals surface area contributed by atoms with Crippen LogP contribution in [0.2, 0.25) is 0 Å². The lowest BCUT2D eigenvalue weighted by atomic mass is 9.96. The first-order chi connectivity index (χ1) is 17.4. The number of imidazole rings is 1. The summed E-state index contributed by atoms with van der Waals surface area (Å²) in [5.41, 5.74) is 3.37. The number of morpholine rings is 1. The first-order valence-corrected chi connectivity index (χ1v) is 12.1. The Bertz CT molecular complexity index is 1360. The number of carbonyl (C=O) groups excluding carboxylic acids is 2. The van der Waals surface area contributed by atoms with Crippen LogP contribution in [0, 0.1) is 13.8 Å². The number of Topliss-reactive ketones (excluding diaryl/α,β-unsaturated/α-hetero) is 1. The van der Waals surface area contributed by atoms with Gasteiger partial charge in [0.25, 0.3) is 11.7 Å². The van der Waals surface area contributed by atoms with Gasteiger partial charge in [-0.1, -0.05) is 18.2 Å². The van der Waals surface area contributed by atoms with Crippen molar-refractivity contribution in [2.75, 3.05) is 46.5 Å². The summed E-state index contributed by atoms with van der Waals surface area (Å²) in [5, 5.41) is 11.6. The van der Waals surface area contributed by atoms with Gasteiger partial charge in [-0.2, -0.15) is 0 Å². The molecule has 9 heteroatoms. The van der Waals surface area contributed by atoms with E-state index in [2.05, 4.69) is 9.88 Å². The van der Waals surface area contributed by atoms with Crippen molar-refractivity contribution < 1.29 is 24.2 Å². The number of nitrogens with zero attached hydrogens (tertiary/aromatic N) is 4. The van der Waals surface area contributed by atoms with E-state index in [0.29, 0.717) is 54.7 Å². The summed E-state index contributed by atoms with van der Waals surface area (Å²) in [7, 11) is 1.57. The summed E-state index contributed by atoms with van der Waals surface area (Å²) >= 11 is 0. The van der Waals surface area contributed by atoms with Crippen molar-refractivity contribution in [3.05, 3.63) is 70.7 Å². The average molecular weight is 491 g/mol. The Morgan fingerprint density at radius 3 is 2.67 bits per heavy atom. The van der Waals surface area contributed by atoms with Gasteiger partial charge in [0, 0.05) is 32.4 Å². The molecule has 2 aliphatic rings. The SMILES string of the molecule is COc1cccc([C@@H]2/C(=C(\O)c3c(C)nc4c(C)cccn34)C(=O)C(=O)N2CCN2CCOCC2)c1. The van der Waals surface area contributed by atoms with E-state index in [4.69, 9.17) is 9.47 Å². The van der Waals surface area contributed by atoms with Gasteiger partial charge < -0.3 is 19.5 Å². The molecule has 2 fully saturated rings. The molecule has 2 aromatic heterocycles. The third-order valence-electron chi connectivity index (χ3n) is 6.95. The molecule has 0 bridgehead atoms. The molecule has 1 aromatic carbocycles. The lowest BCUT2D eigenvalue weighted by Gasteiger charge is -2.31. The van der Waals surface area contributed by atoms with E-state index in [1.807, 2.05) is 31.2 Å². The van der Waals surface area contributed by atoms with E-state index in [1.165, 1.54) is 0 Å². The molecule has 0 aliphatic carbocycles. The van der Waals surface area contributed by atoms with Crippen LogP contribution in [0.25, 0.3) is 11.4 Å². The predicted molar refractivity (Wildman–Crippen MR) is 134 cm³/mol. The maximum Gasteiger partial charge on any atom is 0.295 e. The quantitative estimate of drug-likeness (QED) is 0.322. The molecule has 188 valence electrons. The number of aliphatic hydroxyl groups excluding tert-OH is 1. The van der Waals surface area contributed by atoms with Gasteiger partial charge in [-0.3, -0.25) is 18.9 Å². The van der Waals surface area contributed by atoms with Crippen molar-refractivity contribution in [1.29, 1.82) is 0 Å². The summed E-state index contributed by atoms with van der Waals surface area (Å²) in [6, 6.07) is 10.3. The highest BCUT2D eigenvalue weighted by atomic mass is 16.5. The summed E-state index contributed by atoms with van der Waals surface area (Å²) < 4.78 is 12.6. The number of rotatable bonds is 6. The van der Waals surface area contributed by atoms with Gasteiger partial charge in [0.1, 0.15) is 17.1 Å². The van der Waals surface area contributed by atoms with E-state index in [9.17, 15) is 14.7 Å². The minimum atomic E-state index is -0.754. The second kappa shape index (κ2) is 9.75. The van der Waals surface area contributed by atoms with Gasteiger partial charge in [-0.15, -0.1) is 0 Å². The maximum absolute atomic E-state index is 13.5. The van der Waals surface area contributed by atoms with Crippen molar-refractivity contribution in [3.63, 3.8) is 0 Å². The first-order valence-electron chi connectivity index (χ1n) is 12.1. The summed E-state index contributed by atoms with van der Waals surface area (Å²) in [6.07, 6.45) is 1.80. The molecule has 0 unspecified atom stereocenters. The Kier molecular flexibility index (Phi) is 6.51. The molecular formula is C27H30N4O5. The number of hydrogen-bond acceptors (Lipinski definition) is 7. The minimum absolute atomic E-state index is 0.0571. The summed E-state index contributed by atoms with van der Waals surface area (Å²) in [5.74, 6) is -0.955. The number of methoxy groups -OCH3 is 1. The van der Waals surface area contributed by atoms with Gasteiger partial charge in [-0.05, 0) is 43.2 Å². The minimum Gasteiger partial charge on any atom is -0.505 e. The molecule has 1 N–H and O–H groups in total. The molecular weight excluding hydrogens is 460 g/mol. The molecule has 0 saturated carbocycles. The van der Waals surface area contributed by atoms with Crippen LogP contribution in [0.4, 0.5) is 0 Å². The van der Waals surface area contributed by atoms with E-state index < -0.39 is 17.7 Å². The molecule has 1 atom stereocenters. The monoisotopic (exact) mass is 490 g/mol. The number of carbonyl (C=O) groups is 2. The van der Waals surface area contributed by atoms with Crippen LogP contribution in [-0.2, 0) is 14.3 Å². The van der Waals surface area contributed by atoms with Crippen LogP contribution in [-0.4, -0.2) is 82.5 Å². The number of hydrogen-bond donors (Lipinski definition) is 1. The number of aryl methyl sites for hydroxylation is 2. The van der Waals surface area contributed by atoms with Crippen LogP contribution < -0.4 is 4.74 Å². The van der Waals surface area contributed by atoms with Crippen molar-refractivity contribution in [1.82, 2.24) is 19.2 Å². The predicted octanol–water partition coefficient (Wildman–Crippen LogP) is 2.71. The Balaban J connectivity index is 1.63. The van der Waals surface area contributed by atoms with Crippen molar-refractivity contribution >= 4 is 23.1 Å². The molecule has 0 radical (unpaired) electrons. The van der Waals surface area contributed by atoms with Gasteiger partial charge in [0.2, 0.25) is 0 Å². The molecule has 1 amide bonds. The number of benzene rings is 1. The fourth-order valence-corrected chi connectivity index (χ4v) is 5.07. The van der Waals surface area contributed by atoms with Crippen LogP contribution in [0.1, 0.15) is 28.6 Å². The number of aromatic nitrogens is 2. The zero-order valence-electron chi connectivity index (χ0n) is 20.7. The number of ketones is 1. The van der Waals surface area contributed by atoms with E-state index in [0.717, 1.165) is 18.7 Å². The van der Waals surface area contributed by atoms with Gasteiger partial charge in [0.05, 0.1) is 37.6 Å². The number of fused-ring (bicyclic) bond motifs is 1. The lowest BCUT2D eigenvalue weighted by Crippen LogP contribution is -2.42. The highest BCUT2D eigenvalue weighted by molar-refractivity contribution is 6.46. The second-order valence-corrected chi connectivity index (χ2v) is 9.15. The van der Waals surface area contributed by atoms with Crippen molar-refractivity contribution in [2.45, 2.75) is 19.9 Å². The fraction of sp³-hybridized carbons (Fsp3) is 0.370. The van der Waals surface area contributed by atoms with E-state index in [-0.39, 0.29) is 11.3 Å². The van der Waals surface area contributed by atoms with Gasteiger partial charge in [-0.25, -0.2) is 4.98 Å². The molecule has 5 rings (SSSR count). The number of aliphatic hydroxyl groups is 1. The standard InChI is InChI=1S/C27H30N4O5/c1-17-6-5-9-30-22(18(2)28-26(17)30)24(32)21-23(19-7-4-8-20(16-19)35-3)31(27(34)25(21)33)11-10-29-12-14-36-15-13-29/h4-9,16,23,32H,10-15H2,1-3H3/b24-21+/t23-/m1/s1. The van der Waals surface area contributed by atoms with Crippen LogP contribution in [0.5, 0.6) is 5.75 Å². The Hall–Kier alpha value is -3.69. The zero-order valence-corrected chi connectivity index (χ0v) is 20.7. The molecule has 2 saturated heterocycles. The number of likely N-dealkylation sites (tertiary alicyclic amines) is 1. The Labute approximate surface area is 209 Å². The highest BCUT2D eigenvalue weighted by Crippen LogP contribution is 2.40. The lowest BCUT2D eigenvalue weighted by molar-refractivity contribution is -0.140. The van der Waals surface area contributed by atoms with E-state index in [1.54, 1.807) is 41.7 Å². The summed E-state index contributed by atoms with van der Waals surface area (Å²) in [4.78, 5) is 35.2. The molecule has 3 aromatic rings. The van der Waals surface area contributed by atoms with Crippen molar-refractivity contribution in [2.24, 2.45) is 0 Å². The second-order valence-electron chi connectivity index (χ2n) is 9.15. The molecule has 36 heavy (non-hydrogen) atoms. The van der Waals surface area contributed by atoms with Gasteiger partial charge in [0.15, 0.2) is 5.76 Å². The first kappa shape index (κ1) is 24.0. The summed E-state index contributed by atoms with van der Waals surface area (Å²) in [6.45, 7) is 7.50. The number of pyridine rings is 1. The van der Waals surface area contributed by atoms with Crippen LogP contribution in [0.3, 0.4) is 0 Å². The zero-order chi connectivity index (χ0) is 25.4. The normalized spacial score (nSPS) is 20.4. The molecule has 0 spiro atoms. The average Bonchev–Trinajstić information content (AvgIpc) is 3.37. The van der Waals surface area contributed by atoms with Crippen LogP contribution >= 0.6 is 0 Å². The topological polar surface area (TPSA) is 96.6 Å². The maximum atomic E-state index is 13.5. The van der Waals surface area contributed by atoms with E-state index >= 15 is 0 Å². The third-order valence-corrected chi connectivity index (χ3v) is 6.95. The molecule has 2 aliphatic heterocycles. The number of amides is 1. The highest BCUT2D eigenvalue weighted by Gasteiger charge is 2.46. The van der Waals surface area contributed by atoms with Gasteiger partial charge >= 0.3 is 0 Å². The Morgan fingerprint density at radius 2 is 1.92 bits per heavy atom. The largest absolute Gasteiger partial charge is 0.505 e. The molecule has 4 heterocycles. The van der Waals surface area contributed by atoms with Crippen molar-refractivity contribution in [3.8, 4) is 5.75 Å². The third kappa shape index (κ3) is 4.14. The smallest absolute Gasteiger partial charge is 0.295 e.